The summed E-state index contributed by atoms with van der Waals surface area (Å²) in [6, 6.07) is 3.16. The van der Waals surface area contributed by atoms with Crippen molar-refractivity contribution in [1.82, 2.24) is 0 Å². The molecule has 0 spiro atoms. The highest BCUT2D eigenvalue weighted by Crippen LogP contribution is 2.50. The van der Waals surface area contributed by atoms with E-state index in [-0.39, 0.29) is 18.1 Å². The fourth-order valence-corrected chi connectivity index (χ4v) is 2.05. The van der Waals surface area contributed by atoms with Crippen molar-refractivity contribution >= 4 is 11.7 Å². The van der Waals surface area contributed by atoms with Crippen LogP contribution in [0, 0.1) is 0 Å². The van der Waals surface area contributed by atoms with Crippen LogP contribution in [0.4, 0.5) is 32.0 Å². The molecule has 2 N–H and O–H groups in total. The maximum atomic E-state index is 12.7. The first-order valence-electron chi connectivity index (χ1n) is 7.20. The quantitative estimate of drug-likeness (QED) is 0.434. The van der Waals surface area contributed by atoms with Crippen molar-refractivity contribution in [1.29, 1.82) is 0 Å². The van der Waals surface area contributed by atoms with E-state index in [0.717, 1.165) is 12.1 Å². The monoisotopic (exact) mass is 373 g/mol. The van der Waals surface area contributed by atoms with E-state index in [1.54, 1.807) is 0 Å². The summed E-state index contributed by atoms with van der Waals surface area (Å²) in [5.74, 6) is -0.372. The molecule has 0 fully saturated rings. The summed E-state index contributed by atoms with van der Waals surface area (Å²) in [6.45, 7) is 0.360. The zero-order chi connectivity index (χ0) is 19.3. The molecular weight excluding hydrogens is 356 g/mol. The molecule has 1 rings (SSSR count). The highest BCUT2D eigenvalue weighted by molar-refractivity contribution is 5.69. The molecular formula is C15H17F6NO3. The van der Waals surface area contributed by atoms with Crippen LogP contribution in [0.1, 0.15) is 24.8 Å². The van der Waals surface area contributed by atoms with Crippen molar-refractivity contribution in [2.75, 3.05) is 19.0 Å². The number of carbonyl (C=O) groups excluding carboxylic acids is 1. The number of nitrogens with one attached hydrogen (secondary N) is 1. The van der Waals surface area contributed by atoms with Gasteiger partial charge in [-0.25, -0.2) is 0 Å². The number of hydrogen-bond donors (Lipinski definition) is 2. The first kappa shape index (κ1) is 21.1. The fourth-order valence-electron chi connectivity index (χ4n) is 2.05. The number of aliphatic hydroxyl groups is 1. The molecule has 0 aliphatic rings. The van der Waals surface area contributed by atoms with Crippen LogP contribution in [0.2, 0.25) is 0 Å². The molecule has 0 saturated carbocycles. The van der Waals surface area contributed by atoms with Crippen LogP contribution < -0.4 is 5.32 Å². The Morgan fingerprint density at radius 2 is 1.56 bits per heavy atom. The van der Waals surface area contributed by atoms with E-state index in [1.807, 2.05) is 0 Å². The second kappa shape index (κ2) is 7.94. The number of anilines is 1. The molecule has 0 unspecified atom stereocenters. The van der Waals surface area contributed by atoms with E-state index in [4.69, 9.17) is 0 Å². The Labute approximate surface area is 139 Å². The van der Waals surface area contributed by atoms with Crippen molar-refractivity contribution in [3.05, 3.63) is 29.8 Å². The molecule has 4 nitrogen and oxygen atoms in total. The number of methoxy groups -OCH3 is 1. The number of carbonyl (C=O) groups is 1. The third-order valence-corrected chi connectivity index (χ3v) is 3.49. The van der Waals surface area contributed by atoms with E-state index >= 15 is 0 Å². The lowest BCUT2D eigenvalue weighted by atomic mass is 9.92. The summed E-state index contributed by atoms with van der Waals surface area (Å²) < 4.78 is 80.9. The first-order valence-corrected chi connectivity index (χ1v) is 7.20. The Morgan fingerprint density at radius 3 is 2.00 bits per heavy atom. The molecule has 0 aromatic heterocycles. The van der Waals surface area contributed by atoms with Gasteiger partial charge in [-0.1, -0.05) is 12.1 Å². The molecule has 0 amide bonds. The Hall–Kier alpha value is -1.97. The Morgan fingerprint density at radius 1 is 1.04 bits per heavy atom. The highest BCUT2D eigenvalue weighted by Gasteiger charge is 2.71. The Balaban J connectivity index is 2.73. The van der Waals surface area contributed by atoms with Gasteiger partial charge in [0.1, 0.15) is 0 Å². The van der Waals surface area contributed by atoms with Crippen molar-refractivity contribution in [2.45, 2.75) is 37.2 Å². The van der Waals surface area contributed by atoms with Gasteiger partial charge in [-0.2, -0.15) is 26.3 Å². The van der Waals surface area contributed by atoms with Crippen LogP contribution in [-0.2, 0) is 15.1 Å². The van der Waals surface area contributed by atoms with Gasteiger partial charge in [0.2, 0.25) is 0 Å². The first-order chi connectivity index (χ1) is 11.4. The molecule has 0 aliphatic heterocycles. The molecule has 0 atom stereocenters. The summed E-state index contributed by atoms with van der Waals surface area (Å²) in [5.41, 5.74) is -5.96. The minimum Gasteiger partial charge on any atom is -0.469 e. The standard InChI is InChI=1S/C15H17F6NO3/c1-25-12(23)4-2-3-9-22-11-7-5-10(6-8-11)13(24,14(16,17)18)15(19,20)21/h5-8,22,24H,2-4,9H2,1H3. The largest absolute Gasteiger partial charge is 0.469 e. The normalized spacial score (nSPS) is 12.8. The molecule has 142 valence electrons. The fraction of sp³-hybridized carbons (Fsp3) is 0.533. The van der Waals surface area contributed by atoms with Gasteiger partial charge in [-0.3, -0.25) is 4.79 Å². The SMILES string of the molecule is COC(=O)CCCCNc1ccc(C(O)(C(F)(F)F)C(F)(F)F)cc1. The van der Waals surface area contributed by atoms with Crippen LogP contribution in [-0.4, -0.2) is 37.1 Å². The van der Waals surface area contributed by atoms with E-state index in [1.165, 1.54) is 7.11 Å². The van der Waals surface area contributed by atoms with Gasteiger partial charge in [0.15, 0.2) is 0 Å². The van der Waals surface area contributed by atoms with E-state index in [0.29, 0.717) is 31.5 Å². The van der Waals surface area contributed by atoms with E-state index in [9.17, 15) is 36.2 Å². The molecule has 10 heteroatoms. The van der Waals surface area contributed by atoms with E-state index < -0.39 is 23.5 Å². The van der Waals surface area contributed by atoms with Gasteiger partial charge in [-0.15, -0.1) is 0 Å². The van der Waals surface area contributed by atoms with Crippen molar-refractivity contribution in [3.63, 3.8) is 0 Å². The Bertz CT molecular complexity index is 554. The predicted octanol–water partition coefficient (Wildman–Crippen LogP) is 3.75. The van der Waals surface area contributed by atoms with Crippen LogP contribution in [0.3, 0.4) is 0 Å². The molecule has 0 bridgehead atoms. The number of alkyl halides is 6. The second-order valence-corrected chi connectivity index (χ2v) is 5.24. The summed E-state index contributed by atoms with van der Waals surface area (Å²) >= 11 is 0. The lowest BCUT2D eigenvalue weighted by molar-refractivity contribution is -0.376. The van der Waals surface area contributed by atoms with Crippen molar-refractivity contribution in [2.24, 2.45) is 0 Å². The van der Waals surface area contributed by atoms with Crippen LogP contribution in [0.5, 0.6) is 0 Å². The summed E-state index contributed by atoms with van der Waals surface area (Å²) in [6.07, 6.45) is -10.5. The van der Waals surface area contributed by atoms with Crippen molar-refractivity contribution < 1.29 is 41.0 Å². The number of unbranched alkanes of at least 4 members (excludes halogenated alkanes) is 1. The maximum absolute atomic E-state index is 12.7. The zero-order valence-corrected chi connectivity index (χ0v) is 13.2. The minimum atomic E-state index is -5.91. The third kappa shape index (κ3) is 5.00. The second-order valence-electron chi connectivity index (χ2n) is 5.24. The van der Waals surface area contributed by atoms with Crippen LogP contribution >= 0.6 is 0 Å². The topological polar surface area (TPSA) is 58.6 Å². The molecule has 25 heavy (non-hydrogen) atoms. The summed E-state index contributed by atoms with van der Waals surface area (Å²) in [7, 11) is 1.26. The average Bonchev–Trinajstić information content (AvgIpc) is 2.52. The molecule has 0 saturated heterocycles. The van der Waals surface area contributed by atoms with Crippen molar-refractivity contribution in [3.8, 4) is 0 Å². The molecule has 0 aliphatic carbocycles. The number of halogens is 6. The molecule has 1 aromatic rings. The van der Waals surface area contributed by atoms with Crippen LogP contribution in [0.15, 0.2) is 24.3 Å². The summed E-state index contributed by atoms with van der Waals surface area (Å²) in [5, 5.41) is 12.1. The number of hydrogen-bond acceptors (Lipinski definition) is 4. The number of ether oxygens (including phenoxy) is 1. The predicted molar refractivity (Wildman–Crippen MR) is 76.8 cm³/mol. The van der Waals surface area contributed by atoms with Gasteiger partial charge in [-0.05, 0) is 25.0 Å². The number of rotatable bonds is 7. The molecule has 1 aromatic carbocycles. The molecule has 0 heterocycles. The zero-order valence-electron chi connectivity index (χ0n) is 13.2. The van der Waals surface area contributed by atoms with Gasteiger partial charge in [0.05, 0.1) is 7.11 Å². The lowest BCUT2D eigenvalue weighted by Crippen LogP contribution is -2.53. The van der Waals surface area contributed by atoms with E-state index in [2.05, 4.69) is 10.1 Å². The minimum absolute atomic E-state index is 0.210. The average molecular weight is 373 g/mol. The highest BCUT2D eigenvalue weighted by atomic mass is 19.4. The molecule has 0 radical (unpaired) electrons. The van der Waals surface area contributed by atoms with Crippen LogP contribution in [0.25, 0.3) is 0 Å². The number of benzene rings is 1. The third-order valence-electron chi connectivity index (χ3n) is 3.49. The van der Waals surface area contributed by atoms with Gasteiger partial charge >= 0.3 is 18.3 Å². The van der Waals surface area contributed by atoms with Gasteiger partial charge < -0.3 is 15.2 Å². The Kier molecular flexibility index (Phi) is 6.69. The van der Waals surface area contributed by atoms with Gasteiger partial charge in [0, 0.05) is 24.2 Å². The smallest absolute Gasteiger partial charge is 0.430 e. The van der Waals surface area contributed by atoms with Gasteiger partial charge in [0.25, 0.3) is 5.60 Å². The maximum Gasteiger partial charge on any atom is 0.430 e. The lowest BCUT2D eigenvalue weighted by Gasteiger charge is -2.32. The number of esters is 1. The summed E-state index contributed by atoms with van der Waals surface area (Å²) in [4.78, 5) is 10.9.